The number of allylic oxidation sites excluding steroid dienone is 1. The summed E-state index contributed by atoms with van der Waals surface area (Å²) in [6.45, 7) is 25.3. The van der Waals surface area contributed by atoms with Crippen LogP contribution in [0.1, 0.15) is 113 Å². The topological polar surface area (TPSA) is 130 Å². The van der Waals surface area contributed by atoms with Gasteiger partial charge in [-0.05, 0) is 78.6 Å². The van der Waals surface area contributed by atoms with Gasteiger partial charge in [-0.3, -0.25) is 4.79 Å². The SMILES string of the molecule is C=C(C)CCCC(=O)[C@@]1(C[C@H](C)[C@@H](C)CN=[N+]=[N-])CCC(COCOC)=C[C@@H]1[C@@H]1O[C@H](c2ccccc2)O[C@H](CO[Si](C(C)C)(C(C)C)C(C)C)[C@H]1OCOC. The van der Waals surface area contributed by atoms with Crippen molar-refractivity contribution in [2.45, 2.75) is 142 Å². The fourth-order valence-electron chi connectivity index (χ4n) is 9.40. The highest BCUT2D eigenvalue weighted by Crippen LogP contribution is 2.53. The molecule has 0 N–H and O–H groups in total. The molecule has 0 aromatic heterocycles. The van der Waals surface area contributed by atoms with E-state index in [0.29, 0.717) is 68.5 Å². The fraction of sp³-hybridized carbons (Fsp3) is 0.750. The highest BCUT2D eigenvalue weighted by molar-refractivity contribution is 6.77. The van der Waals surface area contributed by atoms with E-state index < -0.39 is 44.3 Å². The molecular weight excluding hydrogens is 727 g/mol. The summed E-state index contributed by atoms with van der Waals surface area (Å²) in [6.07, 6.45) is 3.52. The Hall–Kier alpha value is -2.38. The van der Waals surface area contributed by atoms with Crippen molar-refractivity contribution in [3.8, 4) is 0 Å². The van der Waals surface area contributed by atoms with Crippen molar-refractivity contribution in [3.63, 3.8) is 0 Å². The molecule has 1 fully saturated rings. The van der Waals surface area contributed by atoms with Crippen LogP contribution >= 0.6 is 0 Å². The van der Waals surface area contributed by atoms with Gasteiger partial charge in [-0.25, -0.2) is 0 Å². The molecule has 0 bridgehead atoms. The number of ether oxygens (including phenoxy) is 6. The van der Waals surface area contributed by atoms with Crippen LogP contribution in [0.3, 0.4) is 0 Å². The third-order valence-corrected chi connectivity index (χ3v) is 18.4. The molecule has 0 spiro atoms. The Morgan fingerprint density at radius 1 is 0.982 bits per heavy atom. The smallest absolute Gasteiger partial charge is 0.200 e. The van der Waals surface area contributed by atoms with E-state index in [1.165, 1.54) is 0 Å². The Balaban J connectivity index is 2.29. The third-order valence-electron chi connectivity index (χ3n) is 12.4. The number of hydrogen-bond acceptors (Lipinski definition) is 9. The Labute approximate surface area is 339 Å². The second kappa shape index (κ2) is 23.3. The van der Waals surface area contributed by atoms with E-state index >= 15 is 4.79 Å². The number of azide groups is 1. The van der Waals surface area contributed by atoms with Gasteiger partial charge in [-0.15, -0.1) is 6.58 Å². The van der Waals surface area contributed by atoms with Gasteiger partial charge in [0.05, 0.1) is 19.3 Å². The van der Waals surface area contributed by atoms with Crippen LogP contribution in [0.25, 0.3) is 10.4 Å². The number of carbonyl (C=O) groups is 1. The molecule has 1 aliphatic heterocycles. The van der Waals surface area contributed by atoms with E-state index in [9.17, 15) is 0 Å². The molecule has 1 heterocycles. The van der Waals surface area contributed by atoms with Gasteiger partial charge in [0.25, 0.3) is 0 Å². The maximum absolute atomic E-state index is 15.2. The van der Waals surface area contributed by atoms with Crippen molar-refractivity contribution in [1.82, 2.24) is 0 Å². The largest absolute Gasteiger partial charge is 0.413 e. The normalized spacial score (nSPS) is 25.5. The zero-order chi connectivity index (χ0) is 41.5. The molecule has 1 aromatic carbocycles. The summed E-state index contributed by atoms with van der Waals surface area (Å²) in [5.41, 5.74) is 12.5. The van der Waals surface area contributed by atoms with Gasteiger partial charge in [0, 0.05) is 49.0 Å². The van der Waals surface area contributed by atoms with Crippen LogP contribution in [0.15, 0.2) is 59.2 Å². The lowest BCUT2D eigenvalue weighted by atomic mass is 9.57. The van der Waals surface area contributed by atoms with E-state index in [1.54, 1.807) is 14.2 Å². The average molecular weight is 800 g/mol. The first-order valence-corrected chi connectivity index (χ1v) is 22.9. The zero-order valence-corrected chi connectivity index (χ0v) is 37.3. The van der Waals surface area contributed by atoms with E-state index in [-0.39, 0.29) is 31.2 Å². The predicted molar refractivity (Wildman–Crippen MR) is 224 cm³/mol. The fourth-order valence-corrected chi connectivity index (χ4v) is 14.8. The van der Waals surface area contributed by atoms with Crippen LogP contribution in [0, 0.1) is 23.2 Å². The minimum Gasteiger partial charge on any atom is -0.413 e. The molecule has 1 aliphatic carbocycles. The van der Waals surface area contributed by atoms with E-state index in [2.05, 4.69) is 78.1 Å². The number of rotatable bonds is 25. The Morgan fingerprint density at radius 2 is 1.64 bits per heavy atom. The van der Waals surface area contributed by atoms with Gasteiger partial charge < -0.3 is 32.8 Å². The first-order chi connectivity index (χ1) is 26.7. The molecule has 11 nitrogen and oxygen atoms in total. The highest BCUT2D eigenvalue weighted by atomic mass is 28.4. The molecular formula is C44H73N3O8Si. The number of ketones is 1. The van der Waals surface area contributed by atoms with Crippen LogP contribution in [0.2, 0.25) is 16.6 Å². The summed E-state index contributed by atoms with van der Waals surface area (Å²) in [5, 5.41) is 3.92. The molecule has 1 aromatic rings. The summed E-state index contributed by atoms with van der Waals surface area (Å²) in [7, 11) is 0.898. The Morgan fingerprint density at radius 3 is 2.23 bits per heavy atom. The van der Waals surface area contributed by atoms with Crippen molar-refractivity contribution in [2.75, 3.05) is 47.6 Å². The summed E-state index contributed by atoms with van der Waals surface area (Å²) < 4.78 is 44.7. The lowest BCUT2D eigenvalue weighted by molar-refractivity contribution is -0.321. The maximum atomic E-state index is 15.2. The van der Waals surface area contributed by atoms with E-state index in [0.717, 1.165) is 23.1 Å². The van der Waals surface area contributed by atoms with Crippen molar-refractivity contribution in [2.24, 2.45) is 28.3 Å². The van der Waals surface area contributed by atoms with Gasteiger partial charge in [0.15, 0.2) is 14.6 Å². The number of methoxy groups -OCH3 is 2. The molecule has 316 valence electrons. The number of Topliss-reactive ketones (excluding diaryl/α,β-unsaturated/α-hetero) is 1. The highest BCUT2D eigenvalue weighted by Gasteiger charge is 2.56. The molecule has 12 heteroatoms. The van der Waals surface area contributed by atoms with Crippen LogP contribution < -0.4 is 0 Å². The van der Waals surface area contributed by atoms with Crippen molar-refractivity contribution in [1.29, 1.82) is 0 Å². The molecule has 2 aliphatic rings. The van der Waals surface area contributed by atoms with Gasteiger partial charge in [0.1, 0.15) is 31.6 Å². The lowest BCUT2D eigenvalue weighted by Crippen LogP contribution is -2.59. The van der Waals surface area contributed by atoms with Crippen molar-refractivity contribution < 1.29 is 37.6 Å². The zero-order valence-electron chi connectivity index (χ0n) is 36.3. The number of hydrogen-bond donors (Lipinski definition) is 0. The molecule has 0 unspecified atom stereocenters. The van der Waals surface area contributed by atoms with Gasteiger partial charge in [-0.2, -0.15) is 0 Å². The summed E-state index contributed by atoms with van der Waals surface area (Å²) >= 11 is 0. The van der Waals surface area contributed by atoms with Crippen molar-refractivity contribution >= 4 is 14.1 Å². The minimum absolute atomic E-state index is 0.0148. The second-order valence-electron chi connectivity index (χ2n) is 17.3. The number of nitrogens with zero attached hydrogens (tertiary/aromatic N) is 3. The lowest BCUT2D eigenvalue weighted by Gasteiger charge is -2.52. The van der Waals surface area contributed by atoms with Crippen LogP contribution in [0.4, 0.5) is 0 Å². The molecule has 0 amide bonds. The summed E-state index contributed by atoms with van der Waals surface area (Å²) in [5.74, 6) is -0.0943. The second-order valence-corrected chi connectivity index (χ2v) is 22.7. The first-order valence-electron chi connectivity index (χ1n) is 20.7. The van der Waals surface area contributed by atoms with Gasteiger partial charge in [-0.1, -0.05) is 102 Å². The predicted octanol–water partition coefficient (Wildman–Crippen LogP) is 10.9. The average Bonchev–Trinajstić information content (AvgIpc) is 3.16. The number of benzene rings is 1. The minimum atomic E-state index is -2.32. The number of carbonyl (C=O) groups excluding carboxylic acids is 1. The third kappa shape index (κ3) is 12.3. The van der Waals surface area contributed by atoms with E-state index in [4.69, 9.17) is 38.4 Å². The Bertz CT molecular complexity index is 1410. The first kappa shape index (κ1) is 48.0. The Kier molecular flexibility index (Phi) is 19.9. The maximum Gasteiger partial charge on any atom is 0.200 e. The molecule has 8 atom stereocenters. The van der Waals surface area contributed by atoms with Gasteiger partial charge in [0.2, 0.25) is 0 Å². The van der Waals surface area contributed by atoms with Crippen LogP contribution in [-0.4, -0.2) is 80.0 Å². The molecule has 56 heavy (non-hydrogen) atoms. The summed E-state index contributed by atoms with van der Waals surface area (Å²) in [4.78, 5) is 18.2. The molecule has 3 rings (SSSR count). The quantitative estimate of drug-likeness (QED) is 0.0182. The molecule has 0 radical (unpaired) electrons. The molecule has 0 saturated carbocycles. The monoisotopic (exact) mass is 800 g/mol. The summed E-state index contributed by atoms with van der Waals surface area (Å²) in [6, 6.07) is 9.98. The van der Waals surface area contributed by atoms with Crippen LogP contribution in [-0.2, 0) is 37.6 Å². The van der Waals surface area contributed by atoms with E-state index in [1.807, 2.05) is 37.3 Å². The van der Waals surface area contributed by atoms with Crippen molar-refractivity contribution in [3.05, 3.63) is 70.1 Å². The molecule has 1 saturated heterocycles. The van der Waals surface area contributed by atoms with Crippen LogP contribution in [0.5, 0.6) is 0 Å². The standard InChI is InChI=1S/C44H73N3O8Si/c1-30(2)17-16-20-40(48)44(24-34(9)35(10)25-46-47-45)22-21-36(26-51-28-49-11)23-38(44)41-42(52-29-50-12)39(54-43(55-41)37-18-14-13-15-19-37)27-53-56(31(3)4,32(5)6)33(7)8/h13-15,18-19,23,31-35,38-39,41-43H,1,16-17,20-22,24-29H2,2-12H3/t34-,35-,38+,39+,41-,42+,43+,44+/m0/s1. The van der Waals surface area contributed by atoms with Gasteiger partial charge >= 0.3 is 0 Å².